The summed E-state index contributed by atoms with van der Waals surface area (Å²) in [5.41, 5.74) is 0.0461. The summed E-state index contributed by atoms with van der Waals surface area (Å²) in [5.74, 6) is -1.18. The van der Waals surface area contributed by atoms with Crippen molar-refractivity contribution < 1.29 is 19.1 Å². The molecule has 0 saturated carbocycles. The molecule has 1 atom stereocenters. The highest BCUT2D eigenvalue weighted by Crippen LogP contribution is 2.18. The van der Waals surface area contributed by atoms with Crippen LogP contribution in [0.25, 0.3) is 0 Å². The number of carbonyl (C=O) groups excluding carboxylic acids is 2. The first-order chi connectivity index (χ1) is 10.6. The maximum atomic E-state index is 12.0. The first kappa shape index (κ1) is 15.5. The molecule has 0 fully saturated rings. The topological polar surface area (TPSA) is 52.6 Å². The largest absolute Gasteiger partial charge is 0.426 e. The molecule has 0 spiro atoms. The molecule has 2 aromatic carbocycles. The van der Waals surface area contributed by atoms with Crippen molar-refractivity contribution in [1.82, 2.24) is 0 Å². The van der Waals surface area contributed by atoms with Crippen molar-refractivity contribution in [3.8, 4) is 11.5 Å². The summed E-state index contributed by atoms with van der Waals surface area (Å²) in [6, 6.07) is 17.3. The smallest absolute Gasteiger partial charge is 0.339 e. The van der Waals surface area contributed by atoms with Crippen molar-refractivity contribution in [1.29, 1.82) is 0 Å². The minimum Gasteiger partial charge on any atom is -0.426 e. The van der Waals surface area contributed by atoms with Crippen LogP contribution >= 0.6 is 0 Å². The molecule has 2 rings (SSSR count). The first-order valence-electron chi connectivity index (χ1n) is 6.80. The van der Waals surface area contributed by atoms with Gasteiger partial charge in [0.15, 0.2) is 0 Å². The van der Waals surface area contributed by atoms with Crippen LogP contribution < -0.4 is 9.47 Å². The maximum Gasteiger partial charge on any atom is 0.339 e. The second-order valence-corrected chi connectivity index (χ2v) is 4.68. The van der Waals surface area contributed by atoms with Crippen molar-refractivity contribution in [2.45, 2.75) is 6.92 Å². The lowest BCUT2D eigenvalue weighted by Gasteiger charge is -2.13. The molecule has 22 heavy (non-hydrogen) atoms. The van der Waals surface area contributed by atoms with Crippen LogP contribution in [-0.2, 0) is 9.59 Å². The van der Waals surface area contributed by atoms with Gasteiger partial charge in [-0.2, -0.15) is 0 Å². The third kappa shape index (κ3) is 4.06. The lowest BCUT2D eigenvalue weighted by molar-refractivity contribution is -0.140. The molecule has 0 aliphatic rings. The van der Waals surface area contributed by atoms with Crippen molar-refractivity contribution in [3.05, 3.63) is 72.8 Å². The van der Waals surface area contributed by atoms with E-state index in [1.165, 1.54) is 0 Å². The van der Waals surface area contributed by atoms with Crippen LogP contribution in [-0.4, -0.2) is 11.9 Å². The molecule has 1 unspecified atom stereocenters. The van der Waals surface area contributed by atoms with Gasteiger partial charge >= 0.3 is 11.9 Å². The number of carbonyl (C=O) groups is 2. The Balaban J connectivity index is 1.96. The van der Waals surface area contributed by atoms with E-state index in [4.69, 9.17) is 9.47 Å². The van der Waals surface area contributed by atoms with Crippen LogP contribution in [0.4, 0.5) is 0 Å². The summed E-state index contributed by atoms with van der Waals surface area (Å²) in [6.07, 6.45) is 0. The minimum atomic E-state index is -0.795. The van der Waals surface area contributed by atoms with E-state index in [1.807, 2.05) is 12.1 Å². The number of hydrogen-bond donors (Lipinski definition) is 0. The summed E-state index contributed by atoms with van der Waals surface area (Å²) in [6.45, 7) is 5.19. The lowest BCUT2D eigenvalue weighted by atomic mass is 10.0. The van der Waals surface area contributed by atoms with Crippen molar-refractivity contribution in [3.63, 3.8) is 0 Å². The quantitative estimate of drug-likeness (QED) is 0.482. The second-order valence-electron chi connectivity index (χ2n) is 4.68. The number of esters is 2. The van der Waals surface area contributed by atoms with E-state index in [0.29, 0.717) is 11.5 Å². The Bertz CT molecular complexity index is 662. The maximum absolute atomic E-state index is 12.0. The van der Waals surface area contributed by atoms with Crippen molar-refractivity contribution >= 4 is 11.9 Å². The third-order valence-electron chi connectivity index (χ3n) is 3.05. The van der Waals surface area contributed by atoms with E-state index >= 15 is 0 Å². The van der Waals surface area contributed by atoms with Crippen LogP contribution in [0.1, 0.15) is 6.92 Å². The monoisotopic (exact) mass is 296 g/mol. The number of hydrogen-bond acceptors (Lipinski definition) is 4. The van der Waals surface area contributed by atoms with Crippen LogP contribution in [0, 0.1) is 5.92 Å². The van der Waals surface area contributed by atoms with Crippen LogP contribution in [0.5, 0.6) is 11.5 Å². The molecule has 0 amide bonds. The molecule has 0 aliphatic heterocycles. The number of rotatable bonds is 5. The van der Waals surface area contributed by atoms with Crippen LogP contribution in [0.15, 0.2) is 72.8 Å². The van der Waals surface area contributed by atoms with Crippen LogP contribution in [0.3, 0.4) is 0 Å². The highest BCUT2D eigenvalue weighted by molar-refractivity contribution is 5.96. The van der Waals surface area contributed by atoms with Gasteiger partial charge in [-0.05, 0) is 31.2 Å². The Morgan fingerprint density at radius 1 is 0.864 bits per heavy atom. The number of benzene rings is 2. The van der Waals surface area contributed by atoms with Gasteiger partial charge in [-0.15, -0.1) is 0 Å². The summed E-state index contributed by atoms with van der Waals surface area (Å²) in [5, 5.41) is 0. The van der Waals surface area contributed by atoms with Gasteiger partial charge in [0.1, 0.15) is 11.5 Å². The Kier molecular flexibility index (Phi) is 5.09. The number of ether oxygens (including phenoxy) is 2. The van der Waals surface area contributed by atoms with Gasteiger partial charge in [0.2, 0.25) is 0 Å². The Morgan fingerprint density at radius 3 is 1.82 bits per heavy atom. The molecular formula is C18H16O4. The zero-order valence-corrected chi connectivity index (χ0v) is 12.2. The summed E-state index contributed by atoms with van der Waals surface area (Å²) < 4.78 is 10.3. The van der Waals surface area contributed by atoms with E-state index in [0.717, 1.165) is 0 Å². The minimum absolute atomic E-state index is 0.0461. The fraction of sp³-hybridized carbons (Fsp3) is 0.111. The fourth-order valence-electron chi connectivity index (χ4n) is 1.67. The van der Waals surface area contributed by atoms with E-state index in [-0.39, 0.29) is 5.57 Å². The summed E-state index contributed by atoms with van der Waals surface area (Å²) in [4.78, 5) is 24.0. The SMILES string of the molecule is C=C(C(=O)Oc1ccccc1)C(C)C(=O)Oc1ccccc1. The normalized spacial score (nSPS) is 11.3. The molecule has 2 aromatic rings. The molecule has 0 bridgehead atoms. The zero-order valence-electron chi connectivity index (χ0n) is 12.2. The Morgan fingerprint density at radius 2 is 1.32 bits per heavy atom. The van der Waals surface area contributed by atoms with E-state index in [9.17, 15) is 9.59 Å². The van der Waals surface area contributed by atoms with Gasteiger partial charge in [0, 0.05) is 5.57 Å². The van der Waals surface area contributed by atoms with E-state index < -0.39 is 17.9 Å². The molecule has 0 aliphatic carbocycles. The van der Waals surface area contributed by atoms with Gasteiger partial charge in [0.05, 0.1) is 5.92 Å². The molecule has 4 heteroatoms. The highest BCUT2D eigenvalue weighted by Gasteiger charge is 2.25. The summed E-state index contributed by atoms with van der Waals surface area (Å²) >= 11 is 0. The molecular weight excluding hydrogens is 280 g/mol. The molecule has 0 radical (unpaired) electrons. The first-order valence-corrected chi connectivity index (χ1v) is 6.80. The molecule has 0 saturated heterocycles. The van der Waals surface area contributed by atoms with Gasteiger partial charge in [-0.25, -0.2) is 4.79 Å². The molecule has 0 heterocycles. The van der Waals surface area contributed by atoms with E-state index in [1.54, 1.807) is 55.5 Å². The van der Waals surface area contributed by atoms with Gasteiger partial charge in [-0.1, -0.05) is 43.0 Å². The van der Waals surface area contributed by atoms with E-state index in [2.05, 4.69) is 6.58 Å². The molecule has 0 aromatic heterocycles. The molecule has 0 N–H and O–H groups in total. The van der Waals surface area contributed by atoms with Gasteiger partial charge in [0.25, 0.3) is 0 Å². The lowest BCUT2D eigenvalue weighted by Crippen LogP contribution is -2.25. The Hall–Kier alpha value is -2.88. The number of para-hydroxylation sites is 2. The Labute approximate surface area is 129 Å². The average Bonchev–Trinajstić information content (AvgIpc) is 2.55. The fourth-order valence-corrected chi connectivity index (χ4v) is 1.67. The standard InChI is InChI=1S/C18H16O4/c1-13(17(19)21-15-9-5-3-6-10-15)14(2)18(20)22-16-11-7-4-8-12-16/h3-12,14H,1H2,2H3. The predicted molar refractivity (Wildman–Crippen MR) is 82.5 cm³/mol. The average molecular weight is 296 g/mol. The molecule has 4 nitrogen and oxygen atoms in total. The van der Waals surface area contributed by atoms with Crippen molar-refractivity contribution in [2.75, 3.05) is 0 Å². The van der Waals surface area contributed by atoms with Gasteiger partial charge in [-0.3, -0.25) is 4.79 Å². The van der Waals surface area contributed by atoms with Crippen molar-refractivity contribution in [2.24, 2.45) is 5.92 Å². The van der Waals surface area contributed by atoms with Gasteiger partial charge < -0.3 is 9.47 Å². The summed E-state index contributed by atoms with van der Waals surface area (Å²) in [7, 11) is 0. The third-order valence-corrected chi connectivity index (χ3v) is 3.05. The molecule has 112 valence electrons. The zero-order chi connectivity index (χ0) is 15.9. The van der Waals surface area contributed by atoms with Crippen LogP contribution in [0.2, 0.25) is 0 Å². The predicted octanol–water partition coefficient (Wildman–Crippen LogP) is 3.39. The second kappa shape index (κ2) is 7.22. The highest BCUT2D eigenvalue weighted by atomic mass is 16.5.